The van der Waals surface area contributed by atoms with Gasteiger partial charge in [-0.05, 0) is 18.2 Å². The van der Waals surface area contributed by atoms with Crippen LogP contribution < -0.4 is 5.73 Å². The Balaban J connectivity index is 3.06. The first-order valence-electron chi connectivity index (χ1n) is 4.13. The normalized spacial score (nSPS) is 10.1. The van der Waals surface area contributed by atoms with Gasteiger partial charge in [0.25, 0.3) is 0 Å². The summed E-state index contributed by atoms with van der Waals surface area (Å²) in [7, 11) is 3.73. The minimum absolute atomic E-state index is 0.525. The molecular formula is C10H12N4. The Morgan fingerprint density at radius 1 is 1.50 bits per heavy atom. The molecule has 0 spiro atoms. The van der Waals surface area contributed by atoms with Crippen molar-refractivity contribution in [2.45, 2.75) is 0 Å². The third kappa shape index (κ3) is 2.49. The van der Waals surface area contributed by atoms with Crippen LogP contribution in [0, 0.1) is 11.3 Å². The Hall–Kier alpha value is -2.02. The largest absolute Gasteiger partial charge is 0.399 e. The predicted molar refractivity (Wildman–Crippen MR) is 57.4 cm³/mol. The van der Waals surface area contributed by atoms with Crippen molar-refractivity contribution in [3.63, 3.8) is 0 Å². The Kier molecular flexibility index (Phi) is 3.08. The maximum atomic E-state index is 8.80. The Bertz CT molecular complexity index is 388. The van der Waals surface area contributed by atoms with Crippen molar-refractivity contribution in [3.05, 3.63) is 23.8 Å². The molecule has 0 saturated carbocycles. The van der Waals surface area contributed by atoms with E-state index in [-0.39, 0.29) is 0 Å². The molecule has 0 aliphatic rings. The minimum atomic E-state index is 0.525. The molecule has 2 N–H and O–H groups in total. The first-order chi connectivity index (χ1) is 6.63. The highest BCUT2D eigenvalue weighted by Gasteiger charge is 1.99. The van der Waals surface area contributed by atoms with Crippen LogP contribution in [0.5, 0.6) is 0 Å². The Labute approximate surface area is 83.3 Å². The van der Waals surface area contributed by atoms with Crippen molar-refractivity contribution in [2.75, 3.05) is 19.8 Å². The monoisotopic (exact) mass is 188 g/mol. The van der Waals surface area contributed by atoms with E-state index in [4.69, 9.17) is 11.0 Å². The summed E-state index contributed by atoms with van der Waals surface area (Å²) < 4.78 is 0. The fourth-order valence-corrected chi connectivity index (χ4v) is 0.928. The molecule has 4 heteroatoms. The maximum absolute atomic E-state index is 8.80. The van der Waals surface area contributed by atoms with Crippen LogP contribution in [0.3, 0.4) is 0 Å². The molecule has 14 heavy (non-hydrogen) atoms. The number of anilines is 1. The van der Waals surface area contributed by atoms with Gasteiger partial charge in [0.05, 0.1) is 17.6 Å². The molecule has 1 rings (SSSR count). The van der Waals surface area contributed by atoms with E-state index in [1.54, 1.807) is 29.4 Å². The van der Waals surface area contributed by atoms with Gasteiger partial charge in [0.2, 0.25) is 0 Å². The number of nitriles is 1. The number of aliphatic imine (C=N–C) groups is 1. The molecular weight excluding hydrogens is 176 g/mol. The molecule has 0 aliphatic heterocycles. The SMILES string of the molecule is CN(C)C=Nc1cc(N)ccc1C#N. The Morgan fingerprint density at radius 2 is 2.21 bits per heavy atom. The van der Waals surface area contributed by atoms with Crippen molar-refractivity contribution in [2.24, 2.45) is 4.99 Å². The van der Waals surface area contributed by atoms with Crippen molar-refractivity contribution in [1.82, 2.24) is 4.90 Å². The molecule has 0 bridgehead atoms. The number of rotatable bonds is 2. The van der Waals surface area contributed by atoms with Gasteiger partial charge in [-0.1, -0.05) is 0 Å². The first kappa shape index (κ1) is 10.1. The fourth-order valence-electron chi connectivity index (χ4n) is 0.928. The highest BCUT2D eigenvalue weighted by molar-refractivity contribution is 5.67. The smallest absolute Gasteiger partial charge is 0.101 e. The predicted octanol–water partition coefficient (Wildman–Crippen LogP) is 1.36. The van der Waals surface area contributed by atoms with Gasteiger partial charge in [0.15, 0.2) is 0 Å². The van der Waals surface area contributed by atoms with E-state index in [0.717, 1.165) is 0 Å². The maximum Gasteiger partial charge on any atom is 0.101 e. The van der Waals surface area contributed by atoms with E-state index < -0.39 is 0 Å². The second kappa shape index (κ2) is 4.28. The average molecular weight is 188 g/mol. The van der Waals surface area contributed by atoms with Gasteiger partial charge in [-0.25, -0.2) is 4.99 Å². The molecule has 0 atom stereocenters. The summed E-state index contributed by atoms with van der Waals surface area (Å²) in [5.74, 6) is 0. The summed E-state index contributed by atoms with van der Waals surface area (Å²) in [6, 6.07) is 7.09. The summed E-state index contributed by atoms with van der Waals surface area (Å²) in [6.45, 7) is 0. The number of hydrogen-bond acceptors (Lipinski definition) is 3. The van der Waals surface area contributed by atoms with Gasteiger partial charge in [0.1, 0.15) is 6.07 Å². The third-order valence-corrected chi connectivity index (χ3v) is 1.57. The van der Waals surface area contributed by atoms with Crippen LogP contribution in [-0.4, -0.2) is 25.3 Å². The van der Waals surface area contributed by atoms with Crippen molar-refractivity contribution < 1.29 is 0 Å². The molecule has 4 nitrogen and oxygen atoms in total. The molecule has 0 aromatic heterocycles. The first-order valence-corrected chi connectivity index (χ1v) is 4.13. The number of nitrogen functional groups attached to an aromatic ring is 1. The van der Waals surface area contributed by atoms with Crippen molar-refractivity contribution >= 4 is 17.7 Å². The minimum Gasteiger partial charge on any atom is -0.399 e. The molecule has 0 radical (unpaired) electrons. The average Bonchev–Trinajstić information content (AvgIpc) is 2.15. The molecule has 1 aromatic rings. The zero-order valence-corrected chi connectivity index (χ0v) is 8.23. The van der Waals surface area contributed by atoms with Gasteiger partial charge in [0, 0.05) is 19.8 Å². The van der Waals surface area contributed by atoms with Crippen LogP contribution in [0.4, 0.5) is 11.4 Å². The fraction of sp³-hybridized carbons (Fsp3) is 0.200. The number of nitrogens with zero attached hydrogens (tertiary/aromatic N) is 3. The zero-order valence-electron chi connectivity index (χ0n) is 8.23. The molecule has 1 aromatic carbocycles. The molecule has 0 aliphatic carbocycles. The zero-order chi connectivity index (χ0) is 10.6. The van der Waals surface area contributed by atoms with Gasteiger partial charge < -0.3 is 10.6 Å². The van der Waals surface area contributed by atoms with E-state index in [0.29, 0.717) is 16.9 Å². The summed E-state index contributed by atoms with van der Waals surface area (Å²) >= 11 is 0. The lowest BCUT2D eigenvalue weighted by molar-refractivity contribution is 0.643. The quantitative estimate of drug-likeness (QED) is 0.433. The molecule has 0 saturated heterocycles. The van der Waals surface area contributed by atoms with Gasteiger partial charge >= 0.3 is 0 Å². The van der Waals surface area contributed by atoms with Crippen LogP contribution >= 0.6 is 0 Å². The van der Waals surface area contributed by atoms with Crippen LogP contribution in [0.2, 0.25) is 0 Å². The van der Waals surface area contributed by atoms with E-state index >= 15 is 0 Å². The number of nitrogens with two attached hydrogens (primary N) is 1. The second-order valence-electron chi connectivity index (χ2n) is 3.10. The van der Waals surface area contributed by atoms with Crippen LogP contribution in [0.25, 0.3) is 0 Å². The molecule has 0 heterocycles. The molecule has 0 fully saturated rings. The lowest BCUT2D eigenvalue weighted by Gasteiger charge is -2.03. The lowest BCUT2D eigenvalue weighted by atomic mass is 10.2. The lowest BCUT2D eigenvalue weighted by Crippen LogP contribution is -2.07. The topological polar surface area (TPSA) is 65.4 Å². The summed E-state index contributed by atoms with van der Waals surface area (Å²) in [5.41, 5.74) is 7.32. The second-order valence-corrected chi connectivity index (χ2v) is 3.10. The highest BCUT2D eigenvalue weighted by Crippen LogP contribution is 2.20. The highest BCUT2D eigenvalue weighted by atomic mass is 15.1. The third-order valence-electron chi connectivity index (χ3n) is 1.57. The van der Waals surface area contributed by atoms with E-state index in [9.17, 15) is 0 Å². The molecule has 72 valence electrons. The van der Waals surface area contributed by atoms with Gasteiger partial charge in [-0.15, -0.1) is 0 Å². The van der Waals surface area contributed by atoms with E-state index in [1.807, 2.05) is 14.1 Å². The Morgan fingerprint density at radius 3 is 2.79 bits per heavy atom. The van der Waals surface area contributed by atoms with Crippen LogP contribution in [0.15, 0.2) is 23.2 Å². The van der Waals surface area contributed by atoms with E-state index in [2.05, 4.69) is 11.1 Å². The van der Waals surface area contributed by atoms with E-state index in [1.165, 1.54) is 0 Å². The van der Waals surface area contributed by atoms with Crippen LogP contribution in [-0.2, 0) is 0 Å². The number of hydrogen-bond donors (Lipinski definition) is 1. The summed E-state index contributed by atoms with van der Waals surface area (Å²) in [6.07, 6.45) is 1.63. The summed E-state index contributed by atoms with van der Waals surface area (Å²) in [4.78, 5) is 5.93. The molecule has 0 unspecified atom stereocenters. The van der Waals surface area contributed by atoms with Crippen molar-refractivity contribution in [1.29, 1.82) is 5.26 Å². The van der Waals surface area contributed by atoms with Gasteiger partial charge in [-0.3, -0.25) is 0 Å². The van der Waals surface area contributed by atoms with Gasteiger partial charge in [-0.2, -0.15) is 5.26 Å². The van der Waals surface area contributed by atoms with Crippen LogP contribution in [0.1, 0.15) is 5.56 Å². The summed E-state index contributed by atoms with van der Waals surface area (Å²) in [5, 5.41) is 8.80. The standard InChI is InChI=1S/C10H12N4/c1-14(2)7-13-10-5-9(12)4-3-8(10)6-11/h3-5,7H,12H2,1-2H3. The van der Waals surface area contributed by atoms with Crippen molar-refractivity contribution in [3.8, 4) is 6.07 Å². The molecule has 0 amide bonds. The number of benzene rings is 1.